The van der Waals surface area contributed by atoms with Gasteiger partial charge in [-0.05, 0) is 49.8 Å². The van der Waals surface area contributed by atoms with E-state index >= 15 is 0 Å². The van der Waals surface area contributed by atoms with Crippen LogP contribution >= 0.6 is 0 Å². The Balaban J connectivity index is 1.54. The molecule has 3 rings (SSSR count). The van der Waals surface area contributed by atoms with Crippen LogP contribution in [0.1, 0.15) is 44.1 Å². The van der Waals surface area contributed by atoms with E-state index in [0.717, 1.165) is 31.2 Å². The number of methoxy groups -OCH3 is 1. The average Bonchev–Trinajstić information content (AvgIpc) is 3.30. The highest BCUT2D eigenvalue weighted by Gasteiger charge is 2.23. The molecule has 0 aliphatic heterocycles. The summed E-state index contributed by atoms with van der Waals surface area (Å²) in [6, 6.07) is 9.25. The SMILES string of the molecule is COC1CCCC(Oc2cccc(CNC3CC3)c2)C1. The van der Waals surface area contributed by atoms with Crippen LogP contribution in [0.15, 0.2) is 24.3 Å². The molecular weight excluding hydrogens is 250 g/mol. The smallest absolute Gasteiger partial charge is 0.120 e. The summed E-state index contributed by atoms with van der Waals surface area (Å²) in [5, 5.41) is 3.54. The largest absolute Gasteiger partial charge is 0.490 e. The van der Waals surface area contributed by atoms with Crippen LogP contribution in [0.2, 0.25) is 0 Å². The van der Waals surface area contributed by atoms with E-state index in [-0.39, 0.29) is 0 Å². The van der Waals surface area contributed by atoms with Gasteiger partial charge in [0.1, 0.15) is 11.9 Å². The molecule has 2 atom stereocenters. The topological polar surface area (TPSA) is 30.5 Å². The van der Waals surface area contributed by atoms with Crippen molar-refractivity contribution in [2.24, 2.45) is 0 Å². The van der Waals surface area contributed by atoms with Gasteiger partial charge in [-0.25, -0.2) is 0 Å². The quantitative estimate of drug-likeness (QED) is 0.864. The molecule has 2 saturated carbocycles. The second-order valence-electron chi connectivity index (χ2n) is 6.07. The second kappa shape index (κ2) is 6.59. The van der Waals surface area contributed by atoms with E-state index in [1.165, 1.54) is 31.2 Å². The summed E-state index contributed by atoms with van der Waals surface area (Å²) in [4.78, 5) is 0. The number of ether oxygens (including phenoxy) is 2. The fourth-order valence-electron chi connectivity index (χ4n) is 2.89. The van der Waals surface area contributed by atoms with Gasteiger partial charge >= 0.3 is 0 Å². The monoisotopic (exact) mass is 275 g/mol. The van der Waals surface area contributed by atoms with Crippen LogP contribution in [0.5, 0.6) is 5.75 Å². The Bertz CT molecular complexity index is 431. The zero-order valence-corrected chi connectivity index (χ0v) is 12.3. The molecule has 0 radical (unpaired) electrons. The lowest BCUT2D eigenvalue weighted by Gasteiger charge is -2.28. The van der Waals surface area contributed by atoms with Crippen molar-refractivity contribution < 1.29 is 9.47 Å². The van der Waals surface area contributed by atoms with Gasteiger partial charge in [0.05, 0.1) is 6.10 Å². The van der Waals surface area contributed by atoms with E-state index in [0.29, 0.717) is 12.2 Å². The van der Waals surface area contributed by atoms with Crippen molar-refractivity contribution in [1.29, 1.82) is 0 Å². The Morgan fingerprint density at radius 3 is 2.80 bits per heavy atom. The molecule has 3 nitrogen and oxygen atoms in total. The van der Waals surface area contributed by atoms with E-state index in [1.807, 2.05) is 0 Å². The third kappa shape index (κ3) is 3.97. The lowest BCUT2D eigenvalue weighted by molar-refractivity contribution is 0.0209. The van der Waals surface area contributed by atoms with Crippen LogP contribution in [-0.4, -0.2) is 25.4 Å². The third-order valence-corrected chi connectivity index (χ3v) is 4.28. The van der Waals surface area contributed by atoms with Gasteiger partial charge in [0.2, 0.25) is 0 Å². The first-order valence-electron chi connectivity index (χ1n) is 7.85. The molecule has 3 heteroatoms. The molecule has 2 aliphatic rings. The first-order chi connectivity index (χ1) is 9.83. The Morgan fingerprint density at radius 1 is 1.15 bits per heavy atom. The first kappa shape index (κ1) is 13.9. The Morgan fingerprint density at radius 2 is 2.00 bits per heavy atom. The van der Waals surface area contributed by atoms with E-state index in [1.54, 1.807) is 7.11 Å². The summed E-state index contributed by atoms with van der Waals surface area (Å²) >= 11 is 0. The van der Waals surface area contributed by atoms with E-state index in [4.69, 9.17) is 9.47 Å². The molecule has 0 bridgehead atoms. The molecule has 1 aromatic rings. The van der Waals surface area contributed by atoms with Crippen molar-refractivity contribution in [3.8, 4) is 5.75 Å². The fraction of sp³-hybridized carbons (Fsp3) is 0.647. The van der Waals surface area contributed by atoms with Crippen molar-refractivity contribution in [1.82, 2.24) is 5.32 Å². The molecular formula is C17H25NO2. The Hall–Kier alpha value is -1.06. The maximum absolute atomic E-state index is 6.14. The molecule has 0 amide bonds. The molecule has 2 unspecified atom stereocenters. The van der Waals surface area contributed by atoms with Gasteiger partial charge in [-0.3, -0.25) is 0 Å². The summed E-state index contributed by atoms with van der Waals surface area (Å²) in [7, 11) is 1.80. The molecule has 20 heavy (non-hydrogen) atoms. The number of hydrogen-bond donors (Lipinski definition) is 1. The highest BCUT2D eigenvalue weighted by atomic mass is 16.5. The van der Waals surface area contributed by atoms with Gasteiger partial charge in [-0.2, -0.15) is 0 Å². The normalized spacial score (nSPS) is 26.4. The number of nitrogens with one attached hydrogen (secondary N) is 1. The van der Waals surface area contributed by atoms with Crippen LogP contribution in [0.4, 0.5) is 0 Å². The predicted molar refractivity (Wildman–Crippen MR) is 80.0 cm³/mol. The van der Waals surface area contributed by atoms with Crippen LogP contribution in [0.25, 0.3) is 0 Å². The van der Waals surface area contributed by atoms with Gasteiger partial charge in [0.25, 0.3) is 0 Å². The van der Waals surface area contributed by atoms with Crippen LogP contribution < -0.4 is 10.1 Å². The lowest BCUT2D eigenvalue weighted by Crippen LogP contribution is -2.29. The lowest BCUT2D eigenvalue weighted by atomic mass is 9.95. The molecule has 1 aromatic carbocycles. The zero-order valence-electron chi connectivity index (χ0n) is 12.3. The maximum atomic E-state index is 6.14. The molecule has 0 aromatic heterocycles. The fourth-order valence-corrected chi connectivity index (χ4v) is 2.89. The van der Waals surface area contributed by atoms with Crippen LogP contribution in [-0.2, 0) is 11.3 Å². The Kier molecular flexibility index (Phi) is 4.58. The second-order valence-corrected chi connectivity index (χ2v) is 6.07. The molecule has 0 heterocycles. The predicted octanol–water partition coefficient (Wildman–Crippen LogP) is 3.28. The number of hydrogen-bond acceptors (Lipinski definition) is 3. The van der Waals surface area contributed by atoms with Crippen LogP contribution in [0.3, 0.4) is 0 Å². The summed E-state index contributed by atoms with van der Waals surface area (Å²) < 4.78 is 11.6. The third-order valence-electron chi connectivity index (χ3n) is 4.28. The minimum atomic E-state index is 0.306. The van der Waals surface area contributed by atoms with Crippen molar-refractivity contribution >= 4 is 0 Å². The highest BCUT2D eigenvalue weighted by Crippen LogP contribution is 2.26. The van der Waals surface area contributed by atoms with E-state index in [9.17, 15) is 0 Å². The van der Waals surface area contributed by atoms with Crippen molar-refractivity contribution in [3.63, 3.8) is 0 Å². The van der Waals surface area contributed by atoms with Gasteiger partial charge in [0, 0.05) is 26.1 Å². The molecule has 2 fully saturated rings. The van der Waals surface area contributed by atoms with Gasteiger partial charge < -0.3 is 14.8 Å². The van der Waals surface area contributed by atoms with E-state index in [2.05, 4.69) is 29.6 Å². The number of rotatable bonds is 6. The summed E-state index contributed by atoms with van der Waals surface area (Å²) in [6.07, 6.45) is 7.86. The van der Waals surface area contributed by atoms with Crippen LogP contribution in [0, 0.1) is 0 Å². The standard InChI is InChI=1S/C17H25NO2/c1-19-15-5-3-7-17(11-15)20-16-6-2-4-13(10-16)12-18-14-8-9-14/h2,4,6,10,14-15,17-18H,3,5,7-9,11-12H2,1H3. The zero-order chi connectivity index (χ0) is 13.8. The van der Waals surface area contributed by atoms with Crippen molar-refractivity contribution in [3.05, 3.63) is 29.8 Å². The van der Waals surface area contributed by atoms with Gasteiger partial charge in [-0.15, -0.1) is 0 Å². The number of benzene rings is 1. The molecule has 0 saturated heterocycles. The van der Waals surface area contributed by atoms with Gasteiger partial charge in [-0.1, -0.05) is 12.1 Å². The van der Waals surface area contributed by atoms with E-state index < -0.39 is 0 Å². The summed E-state index contributed by atoms with van der Waals surface area (Å²) in [5.41, 5.74) is 1.31. The van der Waals surface area contributed by atoms with Gasteiger partial charge in [0.15, 0.2) is 0 Å². The van der Waals surface area contributed by atoms with Crippen molar-refractivity contribution in [2.75, 3.05) is 7.11 Å². The summed E-state index contributed by atoms with van der Waals surface area (Å²) in [6.45, 7) is 0.952. The molecule has 110 valence electrons. The molecule has 1 N–H and O–H groups in total. The maximum Gasteiger partial charge on any atom is 0.120 e. The summed E-state index contributed by atoms with van der Waals surface area (Å²) in [5.74, 6) is 1.00. The first-order valence-corrected chi connectivity index (χ1v) is 7.85. The Labute approximate surface area is 121 Å². The minimum Gasteiger partial charge on any atom is -0.490 e. The molecule has 0 spiro atoms. The average molecular weight is 275 g/mol. The minimum absolute atomic E-state index is 0.306. The van der Waals surface area contributed by atoms with Crippen molar-refractivity contribution in [2.45, 2.75) is 63.3 Å². The highest BCUT2D eigenvalue weighted by molar-refractivity contribution is 5.28. The molecule has 2 aliphatic carbocycles.